The topological polar surface area (TPSA) is 84.5 Å². The Labute approximate surface area is 191 Å². The Kier molecular flexibility index (Phi) is 7.75. The quantitative estimate of drug-likeness (QED) is 0.569. The molecule has 33 heavy (non-hydrogen) atoms. The molecule has 11 heteroatoms. The van der Waals surface area contributed by atoms with Gasteiger partial charge in [0.25, 0.3) is 0 Å². The van der Waals surface area contributed by atoms with Crippen LogP contribution in [0.5, 0.6) is 0 Å². The van der Waals surface area contributed by atoms with Crippen LogP contribution in [0.2, 0.25) is 0 Å². The first-order valence-corrected chi connectivity index (χ1v) is 12.8. The molecule has 0 radical (unpaired) electrons. The van der Waals surface area contributed by atoms with E-state index < -0.39 is 38.9 Å². The molecule has 1 aromatic carbocycles. The molecule has 0 aromatic heterocycles. The van der Waals surface area contributed by atoms with E-state index in [1.54, 1.807) is 0 Å². The number of rotatable bonds is 7. The van der Waals surface area contributed by atoms with E-state index in [1.165, 1.54) is 6.07 Å². The van der Waals surface area contributed by atoms with Gasteiger partial charge in [-0.25, -0.2) is 12.8 Å². The molecule has 0 spiro atoms. The van der Waals surface area contributed by atoms with Crippen molar-refractivity contribution < 1.29 is 35.5 Å². The number of benzene rings is 1. The minimum atomic E-state index is -4.66. The highest BCUT2D eigenvalue weighted by Crippen LogP contribution is 2.38. The fourth-order valence-electron chi connectivity index (χ4n) is 4.74. The minimum absolute atomic E-state index is 0.0539. The number of carbonyl (C=O) groups excluding carboxylic acids is 1. The van der Waals surface area contributed by atoms with E-state index in [9.17, 15) is 30.8 Å². The molecule has 1 aliphatic heterocycles. The number of hydrogen-bond donors (Lipinski definition) is 2. The fraction of sp³-hybridized carbons (Fsp3) is 0.682. The Bertz CT molecular complexity index is 970. The second kappa shape index (κ2) is 9.87. The molecular weight excluding hydrogens is 464 g/mol. The summed E-state index contributed by atoms with van der Waals surface area (Å²) in [5, 5.41) is 5.97. The first-order chi connectivity index (χ1) is 15.4. The Morgan fingerprint density at radius 3 is 2.52 bits per heavy atom. The lowest BCUT2D eigenvalue weighted by molar-refractivity contribution is -0.137. The van der Waals surface area contributed by atoms with Crippen LogP contribution in [-0.2, 0) is 38.8 Å². The van der Waals surface area contributed by atoms with Gasteiger partial charge in [0.2, 0.25) is 5.91 Å². The third-order valence-corrected chi connectivity index (χ3v) is 8.65. The molecule has 1 amide bonds. The van der Waals surface area contributed by atoms with Gasteiger partial charge in [0.15, 0.2) is 14.6 Å². The molecule has 0 bridgehead atoms. The molecule has 3 rings (SSSR count). The Balaban J connectivity index is 1.73. The zero-order valence-corrected chi connectivity index (χ0v) is 19.5. The van der Waals surface area contributed by atoms with Crippen molar-refractivity contribution in [3.63, 3.8) is 0 Å². The number of carbonyl (C=O) groups is 1. The van der Waals surface area contributed by atoms with Crippen LogP contribution in [0.25, 0.3) is 0 Å². The molecule has 4 atom stereocenters. The number of sulfone groups is 1. The van der Waals surface area contributed by atoms with E-state index >= 15 is 0 Å². The SMILES string of the molecule is CC1COCCC1NC1CCC(C(=O)NCc2cc(CF)cc(C(F)(F)F)c2)(S(C)(=O)=O)C1. The molecule has 6 nitrogen and oxygen atoms in total. The first-order valence-electron chi connectivity index (χ1n) is 10.9. The Morgan fingerprint density at radius 1 is 1.21 bits per heavy atom. The average molecular weight is 495 g/mol. The van der Waals surface area contributed by atoms with Crippen molar-refractivity contribution in [2.75, 3.05) is 19.5 Å². The predicted molar refractivity (Wildman–Crippen MR) is 115 cm³/mol. The van der Waals surface area contributed by atoms with Crippen molar-refractivity contribution in [3.8, 4) is 0 Å². The lowest BCUT2D eigenvalue weighted by Crippen LogP contribution is -2.52. The molecule has 1 aromatic rings. The Morgan fingerprint density at radius 2 is 1.91 bits per heavy atom. The number of amides is 1. The highest BCUT2D eigenvalue weighted by atomic mass is 32.2. The maximum Gasteiger partial charge on any atom is 0.416 e. The molecule has 2 aliphatic rings. The van der Waals surface area contributed by atoms with E-state index in [0.717, 1.165) is 18.7 Å². The van der Waals surface area contributed by atoms with Crippen LogP contribution in [0.4, 0.5) is 17.6 Å². The van der Waals surface area contributed by atoms with Gasteiger partial charge in [-0.05, 0) is 54.9 Å². The van der Waals surface area contributed by atoms with Gasteiger partial charge in [-0.1, -0.05) is 13.0 Å². The standard InChI is InChI=1S/C22H30F4N2O4S/c1-14-13-32-6-4-19(14)28-18-3-5-21(10-18,33(2,30)31)20(29)27-12-16-7-15(11-23)8-17(9-16)22(24,25)26/h7-9,14,18-19,28H,3-6,10-13H2,1-2H3,(H,27,29). The Hall–Kier alpha value is -1.72. The highest BCUT2D eigenvalue weighted by Gasteiger charge is 2.53. The summed E-state index contributed by atoms with van der Waals surface area (Å²) in [6.45, 7) is 1.85. The summed E-state index contributed by atoms with van der Waals surface area (Å²) in [5.74, 6) is -0.486. The second-order valence-corrected chi connectivity index (χ2v) is 11.5. The number of ether oxygens (including phenoxy) is 1. The van der Waals surface area contributed by atoms with E-state index in [0.29, 0.717) is 25.7 Å². The lowest BCUT2D eigenvalue weighted by atomic mass is 9.96. The molecule has 2 fully saturated rings. The van der Waals surface area contributed by atoms with Crippen LogP contribution in [-0.4, -0.2) is 50.6 Å². The monoisotopic (exact) mass is 494 g/mol. The zero-order valence-electron chi connectivity index (χ0n) is 18.7. The summed E-state index contributed by atoms with van der Waals surface area (Å²) < 4.78 is 81.5. The van der Waals surface area contributed by atoms with E-state index in [2.05, 4.69) is 10.6 Å². The van der Waals surface area contributed by atoms with Gasteiger partial charge < -0.3 is 15.4 Å². The second-order valence-electron chi connectivity index (χ2n) is 9.17. The number of nitrogens with one attached hydrogen (secondary N) is 2. The molecule has 1 saturated heterocycles. The van der Waals surface area contributed by atoms with Crippen molar-refractivity contribution in [2.24, 2.45) is 5.92 Å². The molecule has 1 aliphatic carbocycles. The van der Waals surface area contributed by atoms with Gasteiger partial charge >= 0.3 is 6.18 Å². The molecule has 4 unspecified atom stereocenters. The molecule has 1 heterocycles. The number of hydrogen-bond acceptors (Lipinski definition) is 5. The van der Waals surface area contributed by atoms with Crippen molar-refractivity contribution in [2.45, 2.75) is 68.8 Å². The maximum atomic E-state index is 13.1. The average Bonchev–Trinajstić information content (AvgIpc) is 3.18. The first kappa shape index (κ1) is 25.9. The third-order valence-electron chi connectivity index (χ3n) is 6.67. The third kappa shape index (κ3) is 5.86. The predicted octanol–water partition coefficient (Wildman–Crippen LogP) is 3.14. The van der Waals surface area contributed by atoms with E-state index in [1.807, 2.05) is 6.92 Å². The summed E-state index contributed by atoms with van der Waals surface area (Å²) in [5.41, 5.74) is -1.13. The summed E-state index contributed by atoms with van der Waals surface area (Å²) in [6.07, 6.45) is -2.17. The van der Waals surface area contributed by atoms with Crippen LogP contribution < -0.4 is 10.6 Å². The number of halogens is 4. The van der Waals surface area contributed by atoms with E-state index in [4.69, 9.17) is 4.74 Å². The normalized spacial score (nSPS) is 28.6. The molecule has 1 saturated carbocycles. The van der Waals surface area contributed by atoms with Crippen molar-refractivity contribution in [3.05, 3.63) is 34.9 Å². The van der Waals surface area contributed by atoms with Crippen molar-refractivity contribution in [1.29, 1.82) is 0 Å². The highest BCUT2D eigenvalue weighted by molar-refractivity contribution is 7.92. The van der Waals surface area contributed by atoms with Crippen LogP contribution in [0.1, 0.15) is 49.3 Å². The van der Waals surface area contributed by atoms with Gasteiger partial charge in [-0.15, -0.1) is 0 Å². The summed E-state index contributed by atoms with van der Waals surface area (Å²) in [4.78, 5) is 13.1. The van der Waals surface area contributed by atoms with Crippen molar-refractivity contribution in [1.82, 2.24) is 10.6 Å². The van der Waals surface area contributed by atoms with Gasteiger partial charge in [-0.3, -0.25) is 4.79 Å². The summed E-state index contributed by atoms with van der Waals surface area (Å²) >= 11 is 0. The van der Waals surface area contributed by atoms with Gasteiger partial charge in [-0.2, -0.15) is 13.2 Å². The van der Waals surface area contributed by atoms with Crippen LogP contribution in [0.15, 0.2) is 18.2 Å². The molecule has 186 valence electrons. The smallest absolute Gasteiger partial charge is 0.381 e. The molecule has 2 N–H and O–H groups in total. The largest absolute Gasteiger partial charge is 0.416 e. The summed E-state index contributed by atoms with van der Waals surface area (Å²) in [6, 6.07) is 2.76. The summed E-state index contributed by atoms with van der Waals surface area (Å²) in [7, 11) is -3.82. The van der Waals surface area contributed by atoms with Gasteiger partial charge in [0.1, 0.15) is 6.67 Å². The lowest BCUT2D eigenvalue weighted by Gasteiger charge is -2.33. The molecular formula is C22H30F4N2O4S. The van der Waals surface area contributed by atoms with Gasteiger partial charge in [0.05, 0.1) is 12.2 Å². The van der Waals surface area contributed by atoms with E-state index in [-0.39, 0.29) is 48.5 Å². The van der Waals surface area contributed by atoms with Crippen LogP contribution in [0, 0.1) is 5.92 Å². The fourth-order valence-corrected chi connectivity index (χ4v) is 6.14. The minimum Gasteiger partial charge on any atom is -0.381 e. The number of alkyl halides is 4. The van der Waals surface area contributed by atoms with Crippen molar-refractivity contribution >= 4 is 15.7 Å². The maximum absolute atomic E-state index is 13.1. The van der Waals surface area contributed by atoms with Crippen LogP contribution >= 0.6 is 0 Å². The zero-order chi connectivity index (χ0) is 24.4. The van der Waals surface area contributed by atoms with Gasteiger partial charge in [0, 0.05) is 31.5 Å². The van der Waals surface area contributed by atoms with Crippen LogP contribution in [0.3, 0.4) is 0 Å².